The molecule has 2 aromatic rings. The van der Waals surface area contributed by atoms with Crippen LogP contribution in [0.1, 0.15) is 25.3 Å². The van der Waals surface area contributed by atoms with E-state index in [2.05, 4.69) is 34.6 Å². The number of nitrogens with zero attached hydrogens (tertiary/aromatic N) is 1. The second kappa shape index (κ2) is 4.98. The Hall–Kier alpha value is -1.55. The number of aromatic amines is 1. The Labute approximate surface area is 107 Å². The van der Waals surface area contributed by atoms with Crippen LogP contribution in [-0.4, -0.2) is 29.4 Å². The van der Waals surface area contributed by atoms with Gasteiger partial charge in [0.15, 0.2) is 0 Å². The summed E-state index contributed by atoms with van der Waals surface area (Å²) < 4.78 is 6.17. The first-order chi connectivity index (χ1) is 8.88. The summed E-state index contributed by atoms with van der Waals surface area (Å²) in [5, 5.41) is 11.7. The van der Waals surface area contributed by atoms with Crippen LogP contribution in [0.4, 0.5) is 0 Å². The van der Waals surface area contributed by atoms with Crippen molar-refractivity contribution in [2.45, 2.75) is 32.3 Å². The van der Waals surface area contributed by atoms with Crippen LogP contribution in [0.5, 0.6) is 5.75 Å². The van der Waals surface area contributed by atoms with Gasteiger partial charge in [0, 0.05) is 10.9 Å². The molecule has 0 amide bonds. The molecule has 2 heterocycles. The summed E-state index contributed by atoms with van der Waals surface area (Å²) in [5.74, 6) is 1.03. The van der Waals surface area contributed by atoms with Gasteiger partial charge in [-0.15, -0.1) is 0 Å². The van der Waals surface area contributed by atoms with Crippen molar-refractivity contribution in [1.29, 1.82) is 0 Å². The molecule has 0 saturated carbocycles. The Kier molecular flexibility index (Phi) is 3.19. The molecule has 1 fully saturated rings. The van der Waals surface area contributed by atoms with Crippen molar-refractivity contribution in [1.82, 2.24) is 15.5 Å². The number of hydrogen-bond donors (Lipinski definition) is 2. The van der Waals surface area contributed by atoms with Gasteiger partial charge in [0.25, 0.3) is 0 Å². The lowest BCUT2D eigenvalue weighted by Gasteiger charge is -2.25. The van der Waals surface area contributed by atoms with E-state index in [9.17, 15) is 0 Å². The number of aromatic nitrogens is 2. The van der Waals surface area contributed by atoms with Gasteiger partial charge in [-0.05, 0) is 44.5 Å². The quantitative estimate of drug-likeness (QED) is 0.872. The van der Waals surface area contributed by atoms with Gasteiger partial charge in [-0.1, -0.05) is 6.92 Å². The van der Waals surface area contributed by atoms with Gasteiger partial charge in [0.1, 0.15) is 11.9 Å². The Morgan fingerprint density at radius 2 is 2.17 bits per heavy atom. The van der Waals surface area contributed by atoms with Crippen molar-refractivity contribution < 1.29 is 4.74 Å². The Morgan fingerprint density at radius 1 is 1.33 bits per heavy atom. The molecule has 1 aliphatic rings. The largest absolute Gasteiger partial charge is 0.490 e. The molecule has 18 heavy (non-hydrogen) atoms. The second-order valence-electron chi connectivity index (χ2n) is 4.79. The third-order valence-corrected chi connectivity index (χ3v) is 3.63. The first-order valence-corrected chi connectivity index (χ1v) is 6.71. The number of hydrogen-bond acceptors (Lipinski definition) is 3. The molecular formula is C14H19N3O. The van der Waals surface area contributed by atoms with Gasteiger partial charge in [0.2, 0.25) is 0 Å². The van der Waals surface area contributed by atoms with Crippen molar-refractivity contribution >= 4 is 10.9 Å². The van der Waals surface area contributed by atoms with Gasteiger partial charge in [0.05, 0.1) is 11.7 Å². The topological polar surface area (TPSA) is 49.9 Å². The summed E-state index contributed by atoms with van der Waals surface area (Å²) in [6, 6.07) is 4.12. The molecule has 96 valence electrons. The van der Waals surface area contributed by atoms with E-state index in [-0.39, 0.29) is 0 Å². The summed E-state index contributed by atoms with van der Waals surface area (Å²) in [6.07, 6.45) is 5.39. The van der Waals surface area contributed by atoms with Crippen molar-refractivity contribution in [2.24, 2.45) is 0 Å². The third-order valence-electron chi connectivity index (χ3n) is 3.63. The summed E-state index contributed by atoms with van der Waals surface area (Å²) in [7, 11) is 0. The Bertz CT molecular complexity index is 529. The van der Waals surface area contributed by atoms with E-state index in [4.69, 9.17) is 4.74 Å². The lowest BCUT2D eigenvalue weighted by Crippen LogP contribution is -2.34. The van der Waals surface area contributed by atoms with Gasteiger partial charge in [-0.3, -0.25) is 5.10 Å². The highest BCUT2D eigenvalue weighted by molar-refractivity contribution is 5.84. The predicted octanol–water partition coefficient (Wildman–Crippen LogP) is 2.26. The molecule has 0 spiro atoms. The molecule has 1 saturated heterocycles. The summed E-state index contributed by atoms with van der Waals surface area (Å²) in [4.78, 5) is 0. The van der Waals surface area contributed by atoms with Crippen molar-refractivity contribution in [3.8, 4) is 5.75 Å². The molecule has 0 bridgehead atoms. The number of H-pyrrole nitrogens is 1. The van der Waals surface area contributed by atoms with E-state index in [1.807, 2.05) is 6.20 Å². The highest BCUT2D eigenvalue weighted by Crippen LogP contribution is 2.29. The van der Waals surface area contributed by atoms with Crippen molar-refractivity contribution in [3.05, 3.63) is 23.9 Å². The first kappa shape index (κ1) is 11.5. The monoisotopic (exact) mass is 245 g/mol. The van der Waals surface area contributed by atoms with Gasteiger partial charge >= 0.3 is 0 Å². The number of nitrogens with one attached hydrogen (secondary N) is 2. The van der Waals surface area contributed by atoms with E-state index >= 15 is 0 Å². The zero-order valence-corrected chi connectivity index (χ0v) is 10.7. The molecular weight excluding hydrogens is 226 g/mol. The third kappa shape index (κ3) is 2.08. The fraction of sp³-hybridized carbons (Fsp3) is 0.500. The minimum atomic E-state index is 0.348. The number of piperidine rings is 1. The maximum Gasteiger partial charge on any atom is 0.123 e. The molecule has 2 N–H and O–H groups in total. The highest BCUT2D eigenvalue weighted by Gasteiger charge is 2.17. The second-order valence-corrected chi connectivity index (χ2v) is 4.79. The average Bonchev–Trinajstić information content (AvgIpc) is 2.88. The number of benzene rings is 1. The summed E-state index contributed by atoms with van der Waals surface area (Å²) in [6.45, 7) is 4.28. The molecule has 0 aliphatic carbocycles. The van der Waals surface area contributed by atoms with Crippen LogP contribution in [0.3, 0.4) is 0 Å². The van der Waals surface area contributed by atoms with Crippen LogP contribution in [0.2, 0.25) is 0 Å². The maximum atomic E-state index is 6.17. The SMILES string of the molecule is CCc1c(OC2CCNCC2)ccc2[nH]ncc12. The summed E-state index contributed by atoms with van der Waals surface area (Å²) >= 11 is 0. The standard InChI is InChI=1S/C14H19N3O/c1-2-11-12-9-16-17-13(12)3-4-14(11)18-10-5-7-15-8-6-10/h3-4,9-10,15H,2,5-8H2,1H3,(H,16,17). The fourth-order valence-corrected chi connectivity index (χ4v) is 2.62. The van der Waals surface area contributed by atoms with Crippen LogP contribution in [0, 0.1) is 0 Å². The molecule has 1 aromatic carbocycles. The van der Waals surface area contributed by atoms with E-state index in [0.717, 1.165) is 43.6 Å². The van der Waals surface area contributed by atoms with E-state index < -0.39 is 0 Å². The lowest BCUT2D eigenvalue weighted by atomic mass is 10.1. The summed E-state index contributed by atoms with van der Waals surface area (Å²) in [5.41, 5.74) is 2.35. The minimum Gasteiger partial charge on any atom is -0.490 e. The van der Waals surface area contributed by atoms with Crippen LogP contribution < -0.4 is 10.1 Å². The molecule has 4 heteroatoms. The highest BCUT2D eigenvalue weighted by atomic mass is 16.5. The molecule has 1 aliphatic heterocycles. The lowest BCUT2D eigenvalue weighted by molar-refractivity contribution is 0.161. The minimum absolute atomic E-state index is 0.348. The van der Waals surface area contributed by atoms with Gasteiger partial charge in [-0.25, -0.2) is 0 Å². The number of ether oxygens (including phenoxy) is 1. The van der Waals surface area contributed by atoms with Crippen LogP contribution in [0.15, 0.2) is 18.3 Å². The number of fused-ring (bicyclic) bond motifs is 1. The number of rotatable bonds is 3. The molecule has 0 unspecified atom stereocenters. The maximum absolute atomic E-state index is 6.17. The zero-order valence-electron chi connectivity index (χ0n) is 10.7. The molecule has 4 nitrogen and oxygen atoms in total. The van der Waals surface area contributed by atoms with E-state index in [1.165, 1.54) is 10.9 Å². The first-order valence-electron chi connectivity index (χ1n) is 6.71. The van der Waals surface area contributed by atoms with Crippen molar-refractivity contribution in [2.75, 3.05) is 13.1 Å². The molecule has 3 rings (SSSR count). The molecule has 0 atom stereocenters. The predicted molar refractivity (Wildman–Crippen MR) is 72.0 cm³/mol. The van der Waals surface area contributed by atoms with Crippen molar-refractivity contribution in [3.63, 3.8) is 0 Å². The van der Waals surface area contributed by atoms with E-state index in [0.29, 0.717) is 6.10 Å². The van der Waals surface area contributed by atoms with Gasteiger partial charge in [-0.2, -0.15) is 5.10 Å². The Morgan fingerprint density at radius 3 is 2.94 bits per heavy atom. The Balaban J connectivity index is 1.90. The molecule has 1 aromatic heterocycles. The smallest absolute Gasteiger partial charge is 0.123 e. The van der Waals surface area contributed by atoms with Crippen LogP contribution in [-0.2, 0) is 6.42 Å². The molecule has 0 radical (unpaired) electrons. The number of aryl methyl sites for hydroxylation is 1. The van der Waals surface area contributed by atoms with E-state index in [1.54, 1.807) is 0 Å². The van der Waals surface area contributed by atoms with Gasteiger partial charge < -0.3 is 10.1 Å². The average molecular weight is 245 g/mol. The van der Waals surface area contributed by atoms with Crippen LogP contribution in [0.25, 0.3) is 10.9 Å². The van der Waals surface area contributed by atoms with Crippen LogP contribution >= 0.6 is 0 Å². The normalized spacial score (nSPS) is 17.2. The fourth-order valence-electron chi connectivity index (χ4n) is 2.62. The zero-order chi connectivity index (χ0) is 12.4.